The Morgan fingerprint density at radius 3 is 2.93 bits per heavy atom. The van der Waals surface area contributed by atoms with E-state index in [-0.39, 0.29) is 12.5 Å². The Balaban J connectivity index is 1.61. The van der Waals surface area contributed by atoms with Crippen LogP contribution in [0.25, 0.3) is 0 Å². The highest BCUT2D eigenvalue weighted by Crippen LogP contribution is 2.17. The van der Waals surface area contributed by atoms with E-state index < -0.39 is 0 Å². The number of anilines is 1. The molecule has 9 nitrogen and oxygen atoms in total. The second kappa shape index (κ2) is 8.52. The molecule has 0 aromatic carbocycles. The van der Waals surface area contributed by atoms with E-state index in [1.165, 1.54) is 0 Å². The molecule has 1 amide bonds. The zero-order chi connectivity index (χ0) is 19.2. The van der Waals surface area contributed by atoms with Crippen LogP contribution in [0.4, 0.5) is 5.69 Å². The number of carbonyl (C=O) groups excluding carboxylic acids is 1. The van der Waals surface area contributed by atoms with E-state index in [2.05, 4.69) is 20.4 Å². The molecule has 0 saturated carbocycles. The SMILES string of the molecule is CCOc1ncccc1CNC(=NC)N1CCN(c2cnn(C)c2)C(=O)C1. The molecule has 9 heteroatoms. The molecule has 0 unspecified atom stereocenters. The lowest BCUT2D eigenvalue weighted by Gasteiger charge is -2.35. The van der Waals surface area contributed by atoms with Crippen LogP contribution in [-0.2, 0) is 18.4 Å². The summed E-state index contributed by atoms with van der Waals surface area (Å²) < 4.78 is 7.25. The third kappa shape index (κ3) is 4.36. The lowest BCUT2D eigenvalue weighted by Crippen LogP contribution is -2.55. The van der Waals surface area contributed by atoms with Crippen molar-refractivity contribution in [2.45, 2.75) is 13.5 Å². The Hall–Kier alpha value is -3.10. The average molecular weight is 371 g/mol. The first-order valence-electron chi connectivity index (χ1n) is 8.93. The predicted molar refractivity (Wildman–Crippen MR) is 103 cm³/mol. The molecule has 0 bridgehead atoms. The van der Waals surface area contributed by atoms with Gasteiger partial charge < -0.3 is 19.9 Å². The second-order valence-corrected chi connectivity index (χ2v) is 6.14. The van der Waals surface area contributed by atoms with Crippen LogP contribution in [0.15, 0.2) is 35.7 Å². The minimum Gasteiger partial charge on any atom is -0.478 e. The van der Waals surface area contributed by atoms with Crippen LogP contribution in [0, 0.1) is 0 Å². The van der Waals surface area contributed by atoms with Crippen LogP contribution in [0.3, 0.4) is 0 Å². The van der Waals surface area contributed by atoms with Gasteiger partial charge in [0.25, 0.3) is 0 Å². The molecule has 1 aliphatic heterocycles. The van der Waals surface area contributed by atoms with Crippen LogP contribution in [0.1, 0.15) is 12.5 Å². The molecule has 0 atom stereocenters. The second-order valence-electron chi connectivity index (χ2n) is 6.14. The number of hydrogen-bond donors (Lipinski definition) is 1. The fraction of sp³-hybridized carbons (Fsp3) is 0.444. The zero-order valence-electron chi connectivity index (χ0n) is 15.9. The Bertz CT molecular complexity index is 818. The summed E-state index contributed by atoms with van der Waals surface area (Å²) in [5.41, 5.74) is 1.77. The first-order chi connectivity index (χ1) is 13.1. The number of piperazine rings is 1. The molecule has 0 radical (unpaired) electrons. The maximum absolute atomic E-state index is 12.6. The number of hydrogen-bond acceptors (Lipinski definition) is 5. The van der Waals surface area contributed by atoms with Crippen LogP contribution in [-0.4, -0.2) is 64.8 Å². The normalized spacial score (nSPS) is 15.2. The van der Waals surface area contributed by atoms with E-state index in [4.69, 9.17) is 4.74 Å². The Morgan fingerprint density at radius 2 is 2.26 bits per heavy atom. The van der Waals surface area contributed by atoms with Crippen LogP contribution in [0.2, 0.25) is 0 Å². The number of guanidine groups is 1. The minimum atomic E-state index is 0.0218. The van der Waals surface area contributed by atoms with Crippen molar-refractivity contribution in [2.75, 3.05) is 38.2 Å². The standard InChI is InChI=1S/C18H25N7O2/c1-4-27-17-14(6-5-7-20-17)10-21-18(19-2)24-8-9-25(16(26)13-24)15-11-22-23(3)12-15/h5-7,11-12H,4,8-10,13H2,1-3H3,(H,19,21). The van der Waals surface area contributed by atoms with Gasteiger partial charge in [-0.1, -0.05) is 6.07 Å². The molecule has 0 spiro atoms. The zero-order valence-corrected chi connectivity index (χ0v) is 15.9. The van der Waals surface area contributed by atoms with E-state index >= 15 is 0 Å². The van der Waals surface area contributed by atoms with Gasteiger partial charge in [0.15, 0.2) is 5.96 Å². The Kier molecular flexibility index (Phi) is 5.90. The van der Waals surface area contributed by atoms with Gasteiger partial charge in [0.1, 0.15) is 6.54 Å². The molecule has 3 heterocycles. The summed E-state index contributed by atoms with van der Waals surface area (Å²) in [6.07, 6.45) is 5.26. The van der Waals surface area contributed by atoms with Crippen molar-refractivity contribution < 1.29 is 9.53 Å². The van der Waals surface area contributed by atoms with Gasteiger partial charge in [-0.25, -0.2) is 4.98 Å². The van der Waals surface area contributed by atoms with Crippen molar-refractivity contribution in [3.8, 4) is 5.88 Å². The Morgan fingerprint density at radius 1 is 1.41 bits per heavy atom. The molecule has 1 saturated heterocycles. The summed E-state index contributed by atoms with van der Waals surface area (Å²) in [6, 6.07) is 3.84. The average Bonchev–Trinajstić information content (AvgIpc) is 3.10. The summed E-state index contributed by atoms with van der Waals surface area (Å²) in [5, 5.41) is 7.44. The lowest BCUT2D eigenvalue weighted by molar-refractivity contribution is -0.120. The first kappa shape index (κ1) is 18.7. The number of ether oxygens (including phenoxy) is 1. The highest BCUT2D eigenvalue weighted by atomic mass is 16.5. The number of amides is 1. The van der Waals surface area contributed by atoms with Gasteiger partial charge in [-0.2, -0.15) is 5.10 Å². The van der Waals surface area contributed by atoms with E-state index in [1.807, 2.05) is 37.2 Å². The summed E-state index contributed by atoms with van der Waals surface area (Å²) in [4.78, 5) is 24.9. The molecule has 27 heavy (non-hydrogen) atoms. The van der Waals surface area contributed by atoms with Crippen molar-refractivity contribution in [3.63, 3.8) is 0 Å². The number of nitrogens with zero attached hydrogens (tertiary/aromatic N) is 6. The molecular formula is C18H25N7O2. The van der Waals surface area contributed by atoms with E-state index in [0.717, 1.165) is 11.3 Å². The molecule has 1 fully saturated rings. The molecular weight excluding hydrogens is 346 g/mol. The van der Waals surface area contributed by atoms with Gasteiger partial charge in [-0.3, -0.25) is 14.5 Å². The van der Waals surface area contributed by atoms with E-state index in [9.17, 15) is 4.79 Å². The van der Waals surface area contributed by atoms with E-state index in [1.54, 1.807) is 29.0 Å². The summed E-state index contributed by atoms with van der Waals surface area (Å²) in [7, 11) is 3.55. The van der Waals surface area contributed by atoms with Crippen LogP contribution >= 0.6 is 0 Å². The molecule has 144 valence electrons. The minimum absolute atomic E-state index is 0.0218. The molecule has 1 N–H and O–H groups in total. The summed E-state index contributed by atoms with van der Waals surface area (Å²) in [5.74, 6) is 1.31. The Labute approximate surface area is 158 Å². The highest BCUT2D eigenvalue weighted by Gasteiger charge is 2.27. The van der Waals surface area contributed by atoms with Crippen molar-refractivity contribution in [2.24, 2.45) is 12.0 Å². The highest BCUT2D eigenvalue weighted by molar-refractivity contribution is 5.98. The number of aromatic nitrogens is 3. The van der Waals surface area contributed by atoms with Gasteiger partial charge >= 0.3 is 0 Å². The predicted octanol–water partition coefficient (Wildman–Crippen LogP) is 0.638. The van der Waals surface area contributed by atoms with Gasteiger partial charge in [0.2, 0.25) is 11.8 Å². The summed E-state index contributed by atoms with van der Waals surface area (Å²) >= 11 is 0. The van der Waals surface area contributed by atoms with E-state index in [0.29, 0.717) is 38.1 Å². The molecule has 2 aromatic heterocycles. The maximum atomic E-state index is 12.6. The van der Waals surface area contributed by atoms with Crippen molar-refractivity contribution in [1.29, 1.82) is 0 Å². The fourth-order valence-corrected chi connectivity index (χ4v) is 3.01. The number of carbonyl (C=O) groups is 1. The van der Waals surface area contributed by atoms with Crippen LogP contribution in [0.5, 0.6) is 5.88 Å². The van der Waals surface area contributed by atoms with Crippen molar-refractivity contribution >= 4 is 17.6 Å². The first-order valence-corrected chi connectivity index (χ1v) is 8.93. The molecule has 2 aromatic rings. The topological polar surface area (TPSA) is 87.9 Å². The monoisotopic (exact) mass is 371 g/mol. The van der Waals surface area contributed by atoms with Crippen molar-refractivity contribution in [3.05, 3.63) is 36.3 Å². The van der Waals surface area contributed by atoms with Gasteiger partial charge in [0.05, 0.1) is 18.5 Å². The third-order valence-electron chi connectivity index (χ3n) is 4.30. The summed E-state index contributed by atoms with van der Waals surface area (Å²) in [6.45, 7) is 4.54. The van der Waals surface area contributed by atoms with Crippen LogP contribution < -0.4 is 15.0 Å². The maximum Gasteiger partial charge on any atom is 0.246 e. The number of aliphatic imine (C=N–C) groups is 1. The molecule has 0 aliphatic carbocycles. The van der Waals surface area contributed by atoms with Gasteiger partial charge in [0, 0.05) is 51.7 Å². The number of rotatable bonds is 5. The lowest BCUT2D eigenvalue weighted by atomic mass is 10.2. The molecule has 3 rings (SSSR count). The third-order valence-corrected chi connectivity index (χ3v) is 4.30. The number of aryl methyl sites for hydroxylation is 1. The fourth-order valence-electron chi connectivity index (χ4n) is 3.01. The smallest absolute Gasteiger partial charge is 0.246 e. The van der Waals surface area contributed by atoms with Gasteiger partial charge in [-0.05, 0) is 13.0 Å². The van der Waals surface area contributed by atoms with Crippen molar-refractivity contribution in [1.82, 2.24) is 25.0 Å². The molecule has 1 aliphatic rings. The quantitative estimate of drug-likeness (QED) is 0.613. The largest absolute Gasteiger partial charge is 0.478 e. The van der Waals surface area contributed by atoms with Gasteiger partial charge in [-0.15, -0.1) is 0 Å². The number of pyridine rings is 1. The number of nitrogens with one attached hydrogen (secondary N) is 1.